The highest BCUT2D eigenvalue weighted by molar-refractivity contribution is 9.10. The van der Waals surface area contributed by atoms with Crippen molar-refractivity contribution in [2.45, 2.75) is 17.5 Å². The molecule has 0 bridgehead atoms. The molecule has 0 unspecified atom stereocenters. The van der Waals surface area contributed by atoms with Crippen LogP contribution in [0.1, 0.15) is 5.56 Å². The number of alkyl halides is 1. The molecule has 3 heterocycles. The van der Waals surface area contributed by atoms with Gasteiger partial charge in [0.05, 0.1) is 25.1 Å². The van der Waals surface area contributed by atoms with Gasteiger partial charge in [0.15, 0.2) is 28.7 Å². The number of halogens is 4. The Morgan fingerprint density at radius 2 is 1.92 bits per heavy atom. The zero-order valence-corrected chi connectivity index (χ0v) is 21.8. The van der Waals surface area contributed by atoms with E-state index in [-0.39, 0.29) is 31.2 Å². The molecular formula is C25H20BrF3N4O3S. The SMILES string of the molecule is Cc1ccc(Sn2cc(Br)c3c(Oc4c(F)cc(NC(=O)NCC5(F)COC5)cc4F)ccnc32)cc1. The maximum atomic E-state index is 14.9. The molecule has 4 aromatic rings. The van der Waals surface area contributed by atoms with E-state index in [4.69, 9.17) is 9.47 Å². The van der Waals surface area contributed by atoms with Gasteiger partial charge in [-0.05, 0) is 53.0 Å². The molecule has 12 heteroatoms. The zero-order chi connectivity index (χ0) is 26.2. The molecule has 1 saturated heterocycles. The number of hydrogen-bond acceptors (Lipinski definition) is 5. The minimum Gasteiger partial charge on any atom is -0.450 e. The van der Waals surface area contributed by atoms with Crippen molar-refractivity contribution in [1.82, 2.24) is 14.3 Å². The Balaban J connectivity index is 1.35. The van der Waals surface area contributed by atoms with Gasteiger partial charge in [0.1, 0.15) is 5.75 Å². The van der Waals surface area contributed by atoms with Crippen LogP contribution in [0.2, 0.25) is 0 Å². The van der Waals surface area contributed by atoms with Gasteiger partial charge in [-0.25, -0.2) is 22.9 Å². The first-order valence-corrected chi connectivity index (χ1v) is 12.7. The summed E-state index contributed by atoms with van der Waals surface area (Å²) in [4.78, 5) is 17.4. The van der Waals surface area contributed by atoms with E-state index in [1.807, 2.05) is 35.2 Å². The zero-order valence-electron chi connectivity index (χ0n) is 19.4. The minimum absolute atomic E-state index is 0.116. The van der Waals surface area contributed by atoms with Crippen LogP contribution in [0.15, 0.2) is 64.2 Å². The fraction of sp³-hybridized carbons (Fsp3) is 0.200. The Bertz CT molecular complexity index is 1460. The van der Waals surface area contributed by atoms with Gasteiger partial charge in [0, 0.05) is 39.6 Å². The van der Waals surface area contributed by atoms with E-state index in [0.29, 0.717) is 15.5 Å². The van der Waals surface area contributed by atoms with Crippen LogP contribution in [-0.4, -0.2) is 40.4 Å². The maximum Gasteiger partial charge on any atom is 0.319 e. The lowest BCUT2D eigenvalue weighted by molar-refractivity contribution is -0.125. The summed E-state index contributed by atoms with van der Waals surface area (Å²) in [6.45, 7) is 1.49. The van der Waals surface area contributed by atoms with Crippen LogP contribution in [-0.2, 0) is 4.74 Å². The van der Waals surface area contributed by atoms with E-state index in [1.165, 1.54) is 24.2 Å². The summed E-state index contributed by atoms with van der Waals surface area (Å²) in [6.07, 6.45) is 3.28. The minimum atomic E-state index is -1.63. The lowest BCUT2D eigenvalue weighted by Crippen LogP contribution is -2.54. The van der Waals surface area contributed by atoms with E-state index in [0.717, 1.165) is 22.6 Å². The number of anilines is 1. The highest BCUT2D eigenvalue weighted by Crippen LogP contribution is 2.39. The second-order valence-corrected chi connectivity index (χ2v) is 10.4. The summed E-state index contributed by atoms with van der Waals surface area (Å²) >= 11 is 4.92. The number of nitrogens with one attached hydrogen (secondary N) is 2. The molecule has 5 rings (SSSR count). The van der Waals surface area contributed by atoms with Gasteiger partial charge in [-0.2, -0.15) is 0 Å². The van der Waals surface area contributed by atoms with Crippen LogP contribution in [0.5, 0.6) is 11.5 Å². The molecule has 0 spiro atoms. The Kier molecular flexibility index (Phi) is 7.06. The van der Waals surface area contributed by atoms with Gasteiger partial charge >= 0.3 is 6.03 Å². The molecule has 0 saturated carbocycles. The number of urea groups is 1. The van der Waals surface area contributed by atoms with Crippen molar-refractivity contribution < 1.29 is 27.4 Å². The Hall–Kier alpha value is -3.22. The van der Waals surface area contributed by atoms with Crippen molar-refractivity contribution in [2.75, 3.05) is 25.1 Å². The number of ether oxygens (including phenoxy) is 2. The van der Waals surface area contributed by atoms with Crippen molar-refractivity contribution in [1.29, 1.82) is 0 Å². The molecule has 1 fully saturated rings. The van der Waals surface area contributed by atoms with Gasteiger partial charge < -0.3 is 20.1 Å². The monoisotopic (exact) mass is 592 g/mol. The summed E-state index contributed by atoms with van der Waals surface area (Å²) in [5.74, 6) is -2.51. The largest absolute Gasteiger partial charge is 0.450 e. The average molecular weight is 593 g/mol. The van der Waals surface area contributed by atoms with E-state index in [9.17, 15) is 18.0 Å². The van der Waals surface area contributed by atoms with Crippen LogP contribution in [0.25, 0.3) is 11.0 Å². The molecule has 192 valence electrons. The van der Waals surface area contributed by atoms with E-state index in [1.54, 1.807) is 6.20 Å². The molecule has 0 radical (unpaired) electrons. The quantitative estimate of drug-likeness (QED) is 0.253. The second-order valence-electron chi connectivity index (χ2n) is 8.54. The predicted molar refractivity (Wildman–Crippen MR) is 138 cm³/mol. The van der Waals surface area contributed by atoms with E-state index < -0.39 is 29.1 Å². The standard InChI is InChI=1S/C25H20BrF3N4O3S/c1-14-2-4-16(5-3-14)37-33-10-17(26)21-20(6-7-30-23(21)33)36-22-18(27)8-15(9-19(22)28)32-24(34)31-11-25(29)12-35-13-25/h2-10H,11-13H2,1H3,(H2,31,32,34). The van der Waals surface area contributed by atoms with E-state index in [2.05, 4.69) is 31.5 Å². The number of nitrogens with zero attached hydrogens (tertiary/aromatic N) is 2. The number of carbonyl (C=O) groups is 1. The molecule has 2 aromatic heterocycles. The number of rotatable bonds is 7. The molecule has 2 amide bonds. The fourth-order valence-corrected chi connectivity index (χ4v) is 5.18. The van der Waals surface area contributed by atoms with Crippen LogP contribution in [0.4, 0.5) is 23.7 Å². The topological polar surface area (TPSA) is 77.4 Å². The normalized spacial score (nSPS) is 14.3. The van der Waals surface area contributed by atoms with Crippen LogP contribution < -0.4 is 15.4 Å². The molecule has 1 aliphatic heterocycles. The van der Waals surface area contributed by atoms with Crippen LogP contribution >= 0.6 is 27.9 Å². The van der Waals surface area contributed by atoms with Crippen molar-refractivity contribution in [3.63, 3.8) is 0 Å². The molecule has 1 aliphatic rings. The van der Waals surface area contributed by atoms with Crippen molar-refractivity contribution in [2.24, 2.45) is 0 Å². The van der Waals surface area contributed by atoms with Gasteiger partial charge in [0.2, 0.25) is 0 Å². The first-order valence-electron chi connectivity index (χ1n) is 11.1. The van der Waals surface area contributed by atoms with Crippen molar-refractivity contribution in [3.8, 4) is 11.5 Å². The number of amides is 2. The first-order chi connectivity index (χ1) is 17.7. The summed E-state index contributed by atoms with van der Waals surface area (Å²) in [5.41, 5.74) is -0.111. The lowest BCUT2D eigenvalue weighted by atomic mass is 10.1. The Morgan fingerprint density at radius 3 is 2.57 bits per heavy atom. The third kappa shape index (κ3) is 5.55. The number of aromatic nitrogens is 2. The third-order valence-corrected chi connectivity index (χ3v) is 7.11. The maximum absolute atomic E-state index is 14.9. The molecule has 7 nitrogen and oxygen atoms in total. The highest BCUT2D eigenvalue weighted by Gasteiger charge is 2.39. The van der Waals surface area contributed by atoms with Gasteiger partial charge in [-0.15, -0.1) is 0 Å². The lowest BCUT2D eigenvalue weighted by Gasteiger charge is -2.33. The average Bonchev–Trinajstić information content (AvgIpc) is 3.16. The first kappa shape index (κ1) is 25.4. The summed E-state index contributed by atoms with van der Waals surface area (Å²) in [7, 11) is 0. The van der Waals surface area contributed by atoms with Crippen molar-refractivity contribution >= 4 is 50.6 Å². The molecule has 2 aromatic carbocycles. The summed E-state index contributed by atoms with van der Waals surface area (Å²) in [5, 5.41) is 5.14. The Morgan fingerprint density at radius 1 is 1.22 bits per heavy atom. The molecule has 2 N–H and O–H groups in total. The number of benzene rings is 2. The van der Waals surface area contributed by atoms with Crippen molar-refractivity contribution in [3.05, 3.63) is 76.5 Å². The molecule has 0 aliphatic carbocycles. The Labute approximate surface area is 222 Å². The second kappa shape index (κ2) is 10.3. The number of carbonyl (C=O) groups excluding carboxylic acids is 1. The molecule has 37 heavy (non-hydrogen) atoms. The smallest absolute Gasteiger partial charge is 0.319 e. The van der Waals surface area contributed by atoms with E-state index >= 15 is 0 Å². The fourth-order valence-electron chi connectivity index (χ4n) is 3.60. The van der Waals surface area contributed by atoms with Gasteiger partial charge in [-0.1, -0.05) is 17.7 Å². The third-order valence-electron chi connectivity index (χ3n) is 5.55. The summed E-state index contributed by atoms with van der Waals surface area (Å²) in [6, 6.07) is 10.5. The van der Waals surface area contributed by atoms with Crippen LogP contribution in [0.3, 0.4) is 0 Å². The van der Waals surface area contributed by atoms with Gasteiger partial charge in [-0.3, -0.25) is 3.97 Å². The number of fused-ring (bicyclic) bond motifs is 1. The number of aryl methyl sites for hydroxylation is 1. The number of pyridine rings is 1. The summed E-state index contributed by atoms with van der Waals surface area (Å²) < 4.78 is 56.6. The van der Waals surface area contributed by atoms with Gasteiger partial charge in [0.25, 0.3) is 0 Å². The number of hydrogen-bond donors (Lipinski definition) is 2. The van der Waals surface area contributed by atoms with Crippen LogP contribution in [0, 0.1) is 18.6 Å². The molecule has 0 atom stereocenters. The molecular weight excluding hydrogens is 573 g/mol. The highest BCUT2D eigenvalue weighted by atomic mass is 79.9. The predicted octanol–water partition coefficient (Wildman–Crippen LogP) is 6.59.